The van der Waals surface area contributed by atoms with Gasteiger partial charge in [-0.2, -0.15) is 0 Å². The molecule has 2 aromatic rings. The maximum Gasteiger partial charge on any atom is 0.123 e. The number of nitrogens with zero attached hydrogens (tertiary/aromatic N) is 1. The van der Waals surface area contributed by atoms with Gasteiger partial charge in [0.1, 0.15) is 11.6 Å². The second kappa shape index (κ2) is 8.53. The Morgan fingerprint density at radius 3 is 1.96 bits per heavy atom. The molecule has 6 heteroatoms. The molecule has 2 aromatic carbocycles. The standard InChI is InChI=1S/C18H20F2N2O.ClH/c19-15-5-1-13(2-6-15)18(14-3-7-16(20)8-4-14)22-10-9-21-17(11-22)12-23;/h1-8,17-18,21,23H,9-12H2;1H/t17-;/m0./s1. The van der Waals surface area contributed by atoms with Gasteiger partial charge >= 0.3 is 0 Å². The zero-order valence-electron chi connectivity index (χ0n) is 13.2. The molecule has 2 N–H and O–H groups in total. The summed E-state index contributed by atoms with van der Waals surface area (Å²) in [6.45, 7) is 2.31. The fourth-order valence-electron chi connectivity index (χ4n) is 3.11. The van der Waals surface area contributed by atoms with Crippen LogP contribution in [0, 0.1) is 11.6 Å². The molecule has 1 fully saturated rings. The van der Waals surface area contributed by atoms with Crippen molar-refractivity contribution in [1.29, 1.82) is 0 Å². The molecular weight excluding hydrogens is 334 g/mol. The fraction of sp³-hybridized carbons (Fsp3) is 0.333. The summed E-state index contributed by atoms with van der Waals surface area (Å²) in [4.78, 5) is 2.23. The molecule has 1 aliphatic heterocycles. The fourth-order valence-corrected chi connectivity index (χ4v) is 3.11. The molecule has 1 atom stereocenters. The summed E-state index contributed by atoms with van der Waals surface area (Å²) in [5, 5.41) is 12.7. The van der Waals surface area contributed by atoms with Gasteiger partial charge in [-0.1, -0.05) is 24.3 Å². The predicted octanol–water partition coefficient (Wildman–Crippen LogP) is 2.74. The summed E-state index contributed by atoms with van der Waals surface area (Å²) in [6.07, 6.45) is 0. The van der Waals surface area contributed by atoms with Crippen LogP contribution in [-0.4, -0.2) is 42.3 Å². The Kier molecular flexibility index (Phi) is 6.69. The van der Waals surface area contributed by atoms with E-state index >= 15 is 0 Å². The molecular formula is C18H21ClF2N2O. The lowest BCUT2D eigenvalue weighted by atomic mass is 9.95. The van der Waals surface area contributed by atoms with Crippen LogP contribution < -0.4 is 5.32 Å². The van der Waals surface area contributed by atoms with E-state index in [1.165, 1.54) is 24.3 Å². The Balaban J connectivity index is 0.00000208. The van der Waals surface area contributed by atoms with Crippen LogP contribution in [0.1, 0.15) is 17.2 Å². The minimum atomic E-state index is -0.278. The van der Waals surface area contributed by atoms with Crippen LogP contribution in [0.2, 0.25) is 0 Å². The van der Waals surface area contributed by atoms with E-state index in [0.717, 1.165) is 24.2 Å². The molecule has 0 aliphatic carbocycles. The number of aliphatic hydroxyl groups excluding tert-OH is 1. The second-order valence-electron chi connectivity index (χ2n) is 5.83. The zero-order chi connectivity index (χ0) is 16.2. The average Bonchev–Trinajstić information content (AvgIpc) is 2.59. The highest BCUT2D eigenvalue weighted by Gasteiger charge is 2.27. The molecule has 0 saturated carbocycles. The van der Waals surface area contributed by atoms with E-state index in [2.05, 4.69) is 10.2 Å². The van der Waals surface area contributed by atoms with Crippen LogP contribution in [0.3, 0.4) is 0 Å². The minimum absolute atomic E-state index is 0. The van der Waals surface area contributed by atoms with Gasteiger partial charge < -0.3 is 10.4 Å². The van der Waals surface area contributed by atoms with Crippen molar-refractivity contribution in [2.45, 2.75) is 12.1 Å². The first-order valence-corrected chi connectivity index (χ1v) is 7.76. The van der Waals surface area contributed by atoms with Gasteiger partial charge in [-0.05, 0) is 35.4 Å². The number of halogens is 3. The van der Waals surface area contributed by atoms with Crippen LogP contribution in [0.5, 0.6) is 0 Å². The summed E-state index contributed by atoms with van der Waals surface area (Å²) in [7, 11) is 0. The highest BCUT2D eigenvalue weighted by Crippen LogP contribution is 2.29. The molecule has 0 amide bonds. The highest BCUT2D eigenvalue weighted by molar-refractivity contribution is 5.85. The summed E-state index contributed by atoms with van der Waals surface area (Å²) >= 11 is 0. The van der Waals surface area contributed by atoms with Crippen molar-refractivity contribution in [3.63, 3.8) is 0 Å². The van der Waals surface area contributed by atoms with Gasteiger partial charge in [0.2, 0.25) is 0 Å². The molecule has 0 aromatic heterocycles. The maximum atomic E-state index is 13.3. The van der Waals surface area contributed by atoms with Crippen molar-refractivity contribution in [3.05, 3.63) is 71.3 Å². The lowest BCUT2D eigenvalue weighted by Crippen LogP contribution is -2.53. The maximum absolute atomic E-state index is 13.3. The summed E-state index contributed by atoms with van der Waals surface area (Å²) in [5.41, 5.74) is 1.91. The van der Waals surface area contributed by atoms with E-state index in [1.54, 1.807) is 24.3 Å². The van der Waals surface area contributed by atoms with E-state index in [4.69, 9.17) is 0 Å². The van der Waals surface area contributed by atoms with Gasteiger partial charge in [-0.3, -0.25) is 4.90 Å². The quantitative estimate of drug-likeness (QED) is 0.886. The normalized spacial score (nSPS) is 18.4. The average molecular weight is 355 g/mol. The summed E-state index contributed by atoms with van der Waals surface area (Å²) in [5.74, 6) is -0.555. The van der Waals surface area contributed by atoms with E-state index in [-0.39, 0.29) is 42.7 Å². The molecule has 130 valence electrons. The smallest absolute Gasteiger partial charge is 0.123 e. The number of nitrogens with one attached hydrogen (secondary N) is 1. The molecule has 1 heterocycles. The first kappa shape index (κ1) is 18.8. The number of hydrogen-bond donors (Lipinski definition) is 2. The Morgan fingerprint density at radius 2 is 1.50 bits per heavy atom. The van der Waals surface area contributed by atoms with Crippen LogP contribution in [0.25, 0.3) is 0 Å². The molecule has 0 spiro atoms. The number of rotatable bonds is 4. The monoisotopic (exact) mass is 354 g/mol. The zero-order valence-corrected chi connectivity index (χ0v) is 14.0. The van der Waals surface area contributed by atoms with Gasteiger partial charge in [-0.15, -0.1) is 12.4 Å². The summed E-state index contributed by atoms with van der Waals surface area (Å²) in [6, 6.07) is 12.7. The molecule has 3 nitrogen and oxygen atoms in total. The lowest BCUT2D eigenvalue weighted by molar-refractivity contribution is 0.126. The Hall–Kier alpha value is -1.53. The van der Waals surface area contributed by atoms with E-state index < -0.39 is 0 Å². The molecule has 1 saturated heterocycles. The SMILES string of the molecule is Cl.OC[C@@H]1CN(C(c2ccc(F)cc2)c2ccc(F)cc2)CCN1. The Morgan fingerprint density at radius 1 is 1.00 bits per heavy atom. The molecule has 1 aliphatic rings. The van der Waals surface area contributed by atoms with Gasteiger partial charge in [-0.25, -0.2) is 8.78 Å². The lowest BCUT2D eigenvalue weighted by Gasteiger charge is -2.39. The van der Waals surface area contributed by atoms with Crippen LogP contribution >= 0.6 is 12.4 Å². The highest BCUT2D eigenvalue weighted by atomic mass is 35.5. The minimum Gasteiger partial charge on any atom is -0.395 e. The van der Waals surface area contributed by atoms with Crippen LogP contribution in [0.15, 0.2) is 48.5 Å². The third-order valence-corrected chi connectivity index (χ3v) is 4.24. The van der Waals surface area contributed by atoms with Gasteiger partial charge in [0.05, 0.1) is 12.6 Å². The molecule has 0 bridgehead atoms. The van der Waals surface area contributed by atoms with Crippen LogP contribution in [-0.2, 0) is 0 Å². The third kappa shape index (κ3) is 4.30. The van der Waals surface area contributed by atoms with Gasteiger partial charge in [0.25, 0.3) is 0 Å². The Labute approximate surface area is 146 Å². The first-order chi connectivity index (χ1) is 11.2. The third-order valence-electron chi connectivity index (χ3n) is 4.24. The predicted molar refractivity (Wildman–Crippen MR) is 92.3 cm³/mol. The molecule has 0 radical (unpaired) electrons. The van der Waals surface area contributed by atoms with Crippen molar-refractivity contribution >= 4 is 12.4 Å². The number of aliphatic hydroxyl groups is 1. The van der Waals surface area contributed by atoms with E-state index in [9.17, 15) is 13.9 Å². The van der Waals surface area contributed by atoms with Crippen molar-refractivity contribution in [1.82, 2.24) is 10.2 Å². The number of benzene rings is 2. The van der Waals surface area contributed by atoms with Crippen molar-refractivity contribution in [3.8, 4) is 0 Å². The second-order valence-corrected chi connectivity index (χ2v) is 5.83. The molecule has 0 unspecified atom stereocenters. The number of hydrogen-bond acceptors (Lipinski definition) is 3. The van der Waals surface area contributed by atoms with Crippen molar-refractivity contribution in [2.24, 2.45) is 0 Å². The topological polar surface area (TPSA) is 35.5 Å². The van der Waals surface area contributed by atoms with Crippen LogP contribution in [0.4, 0.5) is 8.78 Å². The molecule has 24 heavy (non-hydrogen) atoms. The largest absolute Gasteiger partial charge is 0.395 e. The Bertz CT molecular complexity index is 591. The van der Waals surface area contributed by atoms with Crippen molar-refractivity contribution in [2.75, 3.05) is 26.2 Å². The van der Waals surface area contributed by atoms with Gasteiger partial charge in [0.15, 0.2) is 0 Å². The number of piperazine rings is 1. The van der Waals surface area contributed by atoms with E-state index in [0.29, 0.717) is 6.54 Å². The molecule has 3 rings (SSSR count). The van der Waals surface area contributed by atoms with Gasteiger partial charge in [0, 0.05) is 25.7 Å². The van der Waals surface area contributed by atoms with E-state index in [1.807, 2.05) is 0 Å². The summed E-state index contributed by atoms with van der Waals surface area (Å²) < 4.78 is 26.5. The first-order valence-electron chi connectivity index (χ1n) is 7.76. The van der Waals surface area contributed by atoms with Crippen molar-refractivity contribution < 1.29 is 13.9 Å².